The van der Waals surface area contributed by atoms with Crippen LogP contribution in [0.3, 0.4) is 0 Å². The van der Waals surface area contributed by atoms with Gasteiger partial charge in [-0.3, -0.25) is 0 Å². The summed E-state index contributed by atoms with van der Waals surface area (Å²) in [6.45, 7) is 5.08. The minimum atomic E-state index is -0.991. The van der Waals surface area contributed by atoms with Crippen LogP contribution in [0.25, 0.3) is 11.1 Å². The lowest BCUT2D eigenvalue weighted by molar-refractivity contribution is -0.220. The van der Waals surface area contributed by atoms with Crippen LogP contribution in [-0.2, 0) is 26.5 Å². The van der Waals surface area contributed by atoms with Gasteiger partial charge in [-0.2, -0.15) is 0 Å². The van der Waals surface area contributed by atoms with Crippen molar-refractivity contribution in [3.05, 3.63) is 89.0 Å². The number of rotatable bonds is 8. The van der Waals surface area contributed by atoms with Crippen LogP contribution < -0.4 is 4.74 Å². The molecule has 0 spiro atoms. The zero-order valence-corrected chi connectivity index (χ0v) is 17.8. The number of aryl methyl sites for hydroxylation is 2. The Bertz CT molecular complexity index is 1050. The molecule has 0 bridgehead atoms. The van der Waals surface area contributed by atoms with Gasteiger partial charge in [-0.05, 0) is 65.4 Å². The monoisotopic (exact) mass is 418 g/mol. The number of benzene rings is 3. The summed E-state index contributed by atoms with van der Waals surface area (Å²) in [6.07, 6.45) is 0. The van der Waals surface area contributed by atoms with Crippen LogP contribution in [0, 0.1) is 13.8 Å². The maximum absolute atomic E-state index is 10.9. The lowest BCUT2D eigenvalue weighted by Gasteiger charge is -2.41. The van der Waals surface area contributed by atoms with E-state index in [0.717, 1.165) is 16.9 Å². The minimum absolute atomic E-state index is 0.349. The summed E-state index contributed by atoms with van der Waals surface area (Å²) in [5, 5.41) is 8.90. The molecule has 0 aliphatic carbocycles. The molecule has 1 aliphatic rings. The number of carbonyl (C=O) groups is 1. The summed E-state index contributed by atoms with van der Waals surface area (Å²) >= 11 is 0. The molecule has 160 valence electrons. The molecule has 0 aromatic heterocycles. The normalized spacial score (nSPS) is 14.6. The van der Waals surface area contributed by atoms with Crippen LogP contribution in [0.1, 0.15) is 22.3 Å². The Morgan fingerprint density at radius 1 is 1.00 bits per heavy atom. The van der Waals surface area contributed by atoms with Crippen LogP contribution in [0.5, 0.6) is 5.75 Å². The molecule has 4 rings (SSSR count). The van der Waals surface area contributed by atoms with E-state index in [4.69, 9.17) is 19.3 Å². The Balaban J connectivity index is 1.44. The number of carboxylic acids is 1. The van der Waals surface area contributed by atoms with Gasteiger partial charge in [-0.25, -0.2) is 4.79 Å². The van der Waals surface area contributed by atoms with E-state index in [1.807, 2.05) is 24.3 Å². The highest BCUT2D eigenvalue weighted by molar-refractivity contribution is 5.71. The van der Waals surface area contributed by atoms with E-state index in [1.165, 1.54) is 22.3 Å². The molecular formula is C26H26O5. The standard InChI is InChI=1S/C26H26O5/c1-18-5-3-6-19(2)25(18)21-8-4-7-20(13-21)14-30-23-11-9-22(10-12-23)26(16-29-17-26)31-15-24(27)28/h3-13H,14-17H2,1-2H3,(H,27,28). The summed E-state index contributed by atoms with van der Waals surface area (Å²) in [5.41, 5.74) is 6.27. The molecule has 5 heteroatoms. The first-order valence-electron chi connectivity index (χ1n) is 10.3. The predicted molar refractivity (Wildman–Crippen MR) is 118 cm³/mol. The van der Waals surface area contributed by atoms with Crippen molar-refractivity contribution in [2.24, 2.45) is 0 Å². The maximum Gasteiger partial charge on any atom is 0.329 e. The van der Waals surface area contributed by atoms with Gasteiger partial charge in [0.1, 0.15) is 24.6 Å². The lowest BCUT2D eigenvalue weighted by Crippen LogP contribution is -2.49. The largest absolute Gasteiger partial charge is 0.489 e. The SMILES string of the molecule is Cc1cccc(C)c1-c1cccc(COc2ccc(C3(OCC(=O)O)COC3)cc2)c1. The fourth-order valence-electron chi connectivity index (χ4n) is 3.93. The van der Waals surface area contributed by atoms with Crippen LogP contribution in [0.4, 0.5) is 0 Å². The fraction of sp³-hybridized carbons (Fsp3) is 0.269. The smallest absolute Gasteiger partial charge is 0.329 e. The molecule has 1 saturated heterocycles. The summed E-state index contributed by atoms with van der Waals surface area (Å²) in [7, 11) is 0. The molecule has 0 amide bonds. The first-order valence-corrected chi connectivity index (χ1v) is 10.3. The highest BCUT2D eigenvalue weighted by Gasteiger charge is 2.42. The Labute approximate surface area is 182 Å². The first kappa shape index (κ1) is 21.1. The Hall–Kier alpha value is -3.15. The van der Waals surface area contributed by atoms with Gasteiger partial charge in [0.05, 0.1) is 13.2 Å². The number of ether oxygens (including phenoxy) is 3. The second kappa shape index (κ2) is 8.92. The minimum Gasteiger partial charge on any atom is -0.489 e. The Kier molecular flexibility index (Phi) is 6.07. The number of aliphatic carboxylic acids is 1. The molecule has 0 radical (unpaired) electrons. The molecule has 1 aliphatic heterocycles. The highest BCUT2D eigenvalue weighted by atomic mass is 16.6. The van der Waals surface area contributed by atoms with Gasteiger partial charge in [0, 0.05) is 0 Å². The molecule has 5 nitrogen and oxygen atoms in total. The van der Waals surface area contributed by atoms with E-state index in [1.54, 1.807) is 0 Å². The number of hydrogen-bond donors (Lipinski definition) is 1. The molecule has 1 fully saturated rings. The molecule has 3 aromatic carbocycles. The van der Waals surface area contributed by atoms with E-state index in [9.17, 15) is 4.79 Å². The van der Waals surface area contributed by atoms with Crippen molar-refractivity contribution in [2.45, 2.75) is 26.1 Å². The van der Waals surface area contributed by atoms with Gasteiger partial charge >= 0.3 is 5.97 Å². The van der Waals surface area contributed by atoms with Gasteiger partial charge in [0.25, 0.3) is 0 Å². The topological polar surface area (TPSA) is 65.0 Å². The van der Waals surface area contributed by atoms with E-state index in [0.29, 0.717) is 19.8 Å². The molecule has 0 unspecified atom stereocenters. The zero-order valence-electron chi connectivity index (χ0n) is 17.8. The van der Waals surface area contributed by atoms with Crippen molar-refractivity contribution in [1.29, 1.82) is 0 Å². The van der Waals surface area contributed by atoms with Crippen LogP contribution in [0.2, 0.25) is 0 Å². The maximum atomic E-state index is 10.9. The van der Waals surface area contributed by atoms with Crippen molar-refractivity contribution in [3.8, 4) is 16.9 Å². The second-order valence-corrected chi connectivity index (χ2v) is 7.95. The van der Waals surface area contributed by atoms with E-state index in [2.05, 4.69) is 56.3 Å². The van der Waals surface area contributed by atoms with E-state index < -0.39 is 11.6 Å². The lowest BCUT2D eigenvalue weighted by atomic mass is 9.91. The third kappa shape index (κ3) is 4.63. The van der Waals surface area contributed by atoms with Gasteiger partial charge < -0.3 is 19.3 Å². The van der Waals surface area contributed by atoms with E-state index >= 15 is 0 Å². The molecular weight excluding hydrogens is 392 g/mol. The van der Waals surface area contributed by atoms with Gasteiger partial charge in [-0.1, -0.05) is 48.5 Å². The Morgan fingerprint density at radius 2 is 1.68 bits per heavy atom. The van der Waals surface area contributed by atoms with Crippen molar-refractivity contribution in [1.82, 2.24) is 0 Å². The summed E-state index contributed by atoms with van der Waals surface area (Å²) < 4.78 is 16.9. The molecule has 1 heterocycles. The molecule has 1 N–H and O–H groups in total. The summed E-state index contributed by atoms with van der Waals surface area (Å²) in [4.78, 5) is 10.9. The van der Waals surface area contributed by atoms with Gasteiger partial charge in [-0.15, -0.1) is 0 Å². The average molecular weight is 418 g/mol. The van der Waals surface area contributed by atoms with Crippen molar-refractivity contribution in [2.75, 3.05) is 19.8 Å². The number of hydrogen-bond acceptors (Lipinski definition) is 4. The summed E-state index contributed by atoms with van der Waals surface area (Å²) in [5.74, 6) is -0.246. The average Bonchev–Trinajstić information content (AvgIpc) is 2.72. The molecule has 0 saturated carbocycles. The van der Waals surface area contributed by atoms with Crippen LogP contribution in [-0.4, -0.2) is 30.9 Å². The van der Waals surface area contributed by atoms with Gasteiger partial charge in [0.15, 0.2) is 0 Å². The summed E-state index contributed by atoms with van der Waals surface area (Å²) in [6, 6.07) is 22.4. The quantitative estimate of drug-likeness (QED) is 0.565. The molecule has 0 atom stereocenters. The third-order valence-electron chi connectivity index (χ3n) is 5.63. The van der Waals surface area contributed by atoms with E-state index in [-0.39, 0.29) is 6.61 Å². The van der Waals surface area contributed by atoms with Gasteiger partial charge in [0.2, 0.25) is 0 Å². The first-order chi connectivity index (χ1) is 15.0. The van der Waals surface area contributed by atoms with Crippen molar-refractivity contribution < 1.29 is 24.1 Å². The van der Waals surface area contributed by atoms with Crippen molar-refractivity contribution >= 4 is 5.97 Å². The Morgan fingerprint density at radius 3 is 2.29 bits per heavy atom. The molecule has 31 heavy (non-hydrogen) atoms. The van der Waals surface area contributed by atoms with Crippen molar-refractivity contribution in [3.63, 3.8) is 0 Å². The zero-order chi connectivity index (χ0) is 21.8. The van der Waals surface area contributed by atoms with Crippen LogP contribution in [0.15, 0.2) is 66.7 Å². The number of carboxylic acid groups (broad SMARTS) is 1. The molecule has 3 aromatic rings. The van der Waals surface area contributed by atoms with Crippen LogP contribution >= 0.6 is 0 Å². The second-order valence-electron chi connectivity index (χ2n) is 7.95. The third-order valence-corrected chi connectivity index (χ3v) is 5.63. The fourth-order valence-corrected chi connectivity index (χ4v) is 3.93. The highest BCUT2D eigenvalue weighted by Crippen LogP contribution is 2.35. The predicted octanol–water partition coefficient (Wildman–Crippen LogP) is 4.88.